The lowest BCUT2D eigenvalue weighted by atomic mass is 9.84. The van der Waals surface area contributed by atoms with Crippen LogP contribution in [0.15, 0.2) is 12.4 Å². The Balaban J connectivity index is 1.90. The van der Waals surface area contributed by atoms with Crippen molar-refractivity contribution in [2.45, 2.75) is 51.2 Å². The Morgan fingerprint density at radius 2 is 2.18 bits per heavy atom. The van der Waals surface area contributed by atoms with Crippen LogP contribution in [0.1, 0.15) is 44.7 Å². The van der Waals surface area contributed by atoms with Gasteiger partial charge in [-0.15, -0.1) is 0 Å². The minimum atomic E-state index is -4.50. The van der Waals surface area contributed by atoms with Crippen LogP contribution in [0.25, 0.3) is 5.78 Å². The molecule has 22 heavy (non-hydrogen) atoms. The van der Waals surface area contributed by atoms with E-state index in [4.69, 9.17) is 0 Å². The fourth-order valence-corrected chi connectivity index (χ4v) is 3.06. The van der Waals surface area contributed by atoms with Crippen molar-refractivity contribution < 1.29 is 13.2 Å². The second-order valence-electron chi connectivity index (χ2n) is 5.78. The SMILES string of the molecule is CCC1CCCC(Nc2cc(C(F)(F)F)nc3ncnn23)C1. The van der Waals surface area contributed by atoms with Gasteiger partial charge >= 0.3 is 6.18 Å². The summed E-state index contributed by atoms with van der Waals surface area (Å²) >= 11 is 0. The third-order valence-corrected chi connectivity index (χ3v) is 4.25. The van der Waals surface area contributed by atoms with Crippen molar-refractivity contribution in [3.8, 4) is 0 Å². The summed E-state index contributed by atoms with van der Waals surface area (Å²) in [7, 11) is 0. The smallest absolute Gasteiger partial charge is 0.367 e. The first-order valence-electron chi connectivity index (χ1n) is 7.52. The quantitative estimate of drug-likeness (QED) is 0.942. The molecule has 2 unspecified atom stereocenters. The number of nitrogens with zero attached hydrogens (tertiary/aromatic N) is 4. The van der Waals surface area contributed by atoms with E-state index in [0.29, 0.717) is 11.7 Å². The van der Waals surface area contributed by atoms with Gasteiger partial charge < -0.3 is 5.32 Å². The second-order valence-corrected chi connectivity index (χ2v) is 5.78. The molecule has 1 aliphatic carbocycles. The molecule has 1 N–H and O–H groups in total. The third kappa shape index (κ3) is 3.00. The Morgan fingerprint density at radius 3 is 2.91 bits per heavy atom. The van der Waals surface area contributed by atoms with Gasteiger partial charge in [-0.25, -0.2) is 4.98 Å². The van der Waals surface area contributed by atoms with Gasteiger partial charge in [0, 0.05) is 12.1 Å². The van der Waals surface area contributed by atoms with E-state index < -0.39 is 11.9 Å². The highest BCUT2D eigenvalue weighted by atomic mass is 19.4. The molecule has 0 spiro atoms. The molecule has 2 heterocycles. The number of halogens is 3. The maximum Gasteiger partial charge on any atom is 0.433 e. The number of alkyl halides is 3. The molecule has 2 aromatic rings. The molecule has 0 aromatic carbocycles. The average molecular weight is 313 g/mol. The normalized spacial score (nSPS) is 22.9. The predicted molar refractivity (Wildman–Crippen MR) is 75.4 cm³/mol. The first-order chi connectivity index (χ1) is 10.5. The fourth-order valence-electron chi connectivity index (χ4n) is 3.06. The summed E-state index contributed by atoms with van der Waals surface area (Å²) in [4.78, 5) is 7.29. The van der Waals surface area contributed by atoms with Crippen LogP contribution in [-0.2, 0) is 6.18 Å². The monoisotopic (exact) mass is 313 g/mol. The largest absolute Gasteiger partial charge is 0.433 e. The van der Waals surface area contributed by atoms with Crippen molar-refractivity contribution in [3.63, 3.8) is 0 Å². The van der Waals surface area contributed by atoms with Gasteiger partial charge in [0.05, 0.1) is 0 Å². The number of hydrogen-bond acceptors (Lipinski definition) is 4. The Hall–Kier alpha value is -1.86. The van der Waals surface area contributed by atoms with Gasteiger partial charge in [0.2, 0.25) is 0 Å². The van der Waals surface area contributed by atoms with Crippen LogP contribution in [0.3, 0.4) is 0 Å². The molecule has 1 saturated carbocycles. The minimum Gasteiger partial charge on any atom is -0.367 e. The lowest BCUT2D eigenvalue weighted by Crippen LogP contribution is -2.28. The molecular formula is C14H18F3N5. The standard InChI is InChI=1S/C14H18F3N5/c1-2-9-4-3-5-10(6-9)20-12-7-11(14(15,16)17)21-13-18-8-19-22(12)13/h7-10,20H,2-6H2,1H3. The predicted octanol–water partition coefficient (Wildman–Crippen LogP) is 3.52. The zero-order valence-corrected chi connectivity index (χ0v) is 12.3. The van der Waals surface area contributed by atoms with E-state index in [1.165, 1.54) is 17.3 Å². The van der Waals surface area contributed by atoms with Crippen molar-refractivity contribution in [3.05, 3.63) is 18.1 Å². The Morgan fingerprint density at radius 1 is 1.36 bits per heavy atom. The first kappa shape index (κ1) is 15.1. The van der Waals surface area contributed by atoms with Crippen molar-refractivity contribution in [2.24, 2.45) is 5.92 Å². The molecule has 8 heteroatoms. The molecule has 1 fully saturated rings. The lowest BCUT2D eigenvalue weighted by molar-refractivity contribution is -0.141. The maximum absolute atomic E-state index is 12.9. The molecule has 0 saturated heterocycles. The Bertz CT molecular complexity index is 651. The lowest BCUT2D eigenvalue weighted by Gasteiger charge is -2.29. The number of anilines is 1. The molecule has 120 valence electrons. The van der Waals surface area contributed by atoms with Gasteiger partial charge in [-0.3, -0.25) is 0 Å². The summed E-state index contributed by atoms with van der Waals surface area (Å²) in [5, 5.41) is 7.17. The summed E-state index contributed by atoms with van der Waals surface area (Å²) in [5.41, 5.74) is -0.946. The van der Waals surface area contributed by atoms with Gasteiger partial charge in [-0.2, -0.15) is 27.8 Å². The van der Waals surface area contributed by atoms with E-state index in [-0.39, 0.29) is 11.8 Å². The molecule has 2 atom stereocenters. The molecule has 0 amide bonds. The first-order valence-corrected chi connectivity index (χ1v) is 7.52. The van der Waals surface area contributed by atoms with Crippen molar-refractivity contribution >= 4 is 11.6 Å². The van der Waals surface area contributed by atoms with Crippen molar-refractivity contribution in [1.29, 1.82) is 0 Å². The van der Waals surface area contributed by atoms with E-state index in [0.717, 1.165) is 31.7 Å². The van der Waals surface area contributed by atoms with Crippen LogP contribution >= 0.6 is 0 Å². The highest BCUT2D eigenvalue weighted by molar-refractivity contribution is 5.46. The van der Waals surface area contributed by atoms with Gasteiger partial charge in [0.15, 0.2) is 5.69 Å². The van der Waals surface area contributed by atoms with Crippen LogP contribution in [0.4, 0.5) is 19.0 Å². The molecule has 1 aliphatic rings. The molecule has 0 aliphatic heterocycles. The number of fused-ring (bicyclic) bond motifs is 1. The van der Waals surface area contributed by atoms with Crippen LogP contribution in [0.5, 0.6) is 0 Å². The van der Waals surface area contributed by atoms with Crippen molar-refractivity contribution in [1.82, 2.24) is 19.6 Å². The number of hydrogen-bond donors (Lipinski definition) is 1. The summed E-state index contributed by atoms with van der Waals surface area (Å²) in [6, 6.07) is 1.17. The Labute approximate surface area is 126 Å². The van der Waals surface area contributed by atoms with Crippen LogP contribution in [0, 0.1) is 5.92 Å². The highest BCUT2D eigenvalue weighted by Gasteiger charge is 2.34. The van der Waals surface area contributed by atoms with Gasteiger partial charge in [0.1, 0.15) is 12.1 Å². The van der Waals surface area contributed by atoms with Crippen molar-refractivity contribution in [2.75, 3.05) is 5.32 Å². The third-order valence-electron chi connectivity index (χ3n) is 4.25. The van der Waals surface area contributed by atoms with E-state index in [2.05, 4.69) is 27.3 Å². The van der Waals surface area contributed by atoms with Crippen LogP contribution in [-0.4, -0.2) is 25.6 Å². The number of rotatable bonds is 3. The zero-order chi connectivity index (χ0) is 15.7. The Kier molecular flexibility index (Phi) is 3.92. The number of aromatic nitrogens is 4. The van der Waals surface area contributed by atoms with Gasteiger partial charge in [0.25, 0.3) is 5.78 Å². The average Bonchev–Trinajstić information content (AvgIpc) is 2.95. The van der Waals surface area contributed by atoms with E-state index in [1.54, 1.807) is 0 Å². The summed E-state index contributed by atoms with van der Waals surface area (Å²) in [6.45, 7) is 2.15. The summed E-state index contributed by atoms with van der Waals surface area (Å²) in [6.07, 6.45) is 2.02. The minimum absolute atomic E-state index is 0.0415. The van der Waals surface area contributed by atoms with Gasteiger partial charge in [-0.05, 0) is 18.8 Å². The zero-order valence-electron chi connectivity index (χ0n) is 12.3. The molecule has 2 aromatic heterocycles. The molecule has 0 bridgehead atoms. The molecule has 5 nitrogen and oxygen atoms in total. The van der Waals surface area contributed by atoms with Crippen LogP contribution < -0.4 is 5.32 Å². The van der Waals surface area contributed by atoms with Crippen LogP contribution in [0.2, 0.25) is 0 Å². The molecule has 3 rings (SSSR count). The number of nitrogens with one attached hydrogen (secondary N) is 1. The maximum atomic E-state index is 12.9. The summed E-state index contributed by atoms with van der Waals surface area (Å²) < 4.78 is 40.2. The van der Waals surface area contributed by atoms with E-state index in [1.807, 2.05) is 0 Å². The van der Waals surface area contributed by atoms with Gasteiger partial charge in [-0.1, -0.05) is 26.2 Å². The molecule has 0 radical (unpaired) electrons. The van der Waals surface area contributed by atoms with E-state index >= 15 is 0 Å². The topological polar surface area (TPSA) is 55.1 Å². The summed E-state index contributed by atoms with van der Waals surface area (Å²) in [5.74, 6) is 0.887. The highest BCUT2D eigenvalue weighted by Crippen LogP contribution is 2.32. The second kappa shape index (κ2) is 5.73. The fraction of sp³-hybridized carbons (Fsp3) is 0.643. The molecular weight excluding hydrogens is 295 g/mol. The van der Waals surface area contributed by atoms with E-state index in [9.17, 15) is 13.2 Å².